The van der Waals surface area contributed by atoms with Crippen LogP contribution in [0.5, 0.6) is 5.75 Å². The van der Waals surface area contributed by atoms with Gasteiger partial charge in [0.05, 0.1) is 17.6 Å². The molecule has 0 unspecified atom stereocenters. The van der Waals surface area contributed by atoms with Crippen molar-refractivity contribution in [3.8, 4) is 11.4 Å². The minimum Gasteiger partial charge on any atom is -0.508 e. The lowest BCUT2D eigenvalue weighted by molar-refractivity contribution is 0.475. The van der Waals surface area contributed by atoms with E-state index in [1.807, 2.05) is 30.3 Å². The lowest BCUT2D eigenvalue weighted by Gasteiger charge is -2.06. The minimum atomic E-state index is -3.76. The molecular formula is C16H15N3O3S. The molecule has 2 N–H and O–H groups in total. The molecule has 23 heavy (non-hydrogen) atoms. The van der Waals surface area contributed by atoms with Crippen molar-refractivity contribution in [1.29, 1.82) is 0 Å². The molecule has 0 aliphatic carbocycles. The molecule has 0 bridgehead atoms. The molecule has 0 aliphatic heterocycles. The smallest absolute Gasteiger partial charge is 0.265 e. The maximum Gasteiger partial charge on any atom is 0.265 e. The Morgan fingerprint density at radius 3 is 2.35 bits per heavy atom. The van der Waals surface area contributed by atoms with E-state index in [9.17, 15) is 13.5 Å². The molecule has 0 atom stereocenters. The van der Waals surface area contributed by atoms with E-state index in [2.05, 4.69) is 9.82 Å². The number of nitrogens with zero attached hydrogens (tertiary/aromatic N) is 2. The molecule has 7 heteroatoms. The van der Waals surface area contributed by atoms with Crippen LogP contribution in [0, 0.1) is 6.92 Å². The molecule has 2 aromatic carbocycles. The lowest BCUT2D eigenvalue weighted by atomic mass is 10.3. The minimum absolute atomic E-state index is 0.0704. The summed E-state index contributed by atoms with van der Waals surface area (Å²) >= 11 is 0. The highest BCUT2D eigenvalue weighted by atomic mass is 32.2. The number of hydrogen-bond acceptors (Lipinski definition) is 4. The normalized spacial score (nSPS) is 11.3. The van der Waals surface area contributed by atoms with Crippen LogP contribution in [0.2, 0.25) is 0 Å². The standard InChI is InChI=1S/C16H15N3O3S/c1-12-16(11-19(17-12)14-5-3-2-4-6-14)23(21,22)18-13-7-9-15(20)10-8-13/h2-11,18,20H,1H3. The SMILES string of the molecule is Cc1nn(-c2ccccc2)cc1S(=O)(=O)Nc1ccc(O)cc1. The maximum absolute atomic E-state index is 12.5. The van der Waals surface area contributed by atoms with E-state index >= 15 is 0 Å². The van der Waals surface area contributed by atoms with Crippen molar-refractivity contribution >= 4 is 15.7 Å². The van der Waals surface area contributed by atoms with Crippen LogP contribution >= 0.6 is 0 Å². The Morgan fingerprint density at radius 2 is 1.70 bits per heavy atom. The number of sulfonamides is 1. The van der Waals surface area contributed by atoms with E-state index in [4.69, 9.17) is 0 Å². The van der Waals surface area contributed by atoms with Gasteiger partial charge in [0.1, 0.15) is 10.6 Å². The molecular weight excluding hydrogens is 314 g/mol. The van der Waals surface area contributed by atoms with Crippen molar-refractivity contribution in [2.75, 3.05) is 4.72 Å². The van der Waals surface area contributed by atoms with Gasteiger partial charge in [0, 0.05) is 5.69 Å². The molecule has 0 radical (unpaired) electrons. The van der Waals surface area contributed by atoms with Gasteiger partial charge in [0.2, 0.25) is 0 Å². The molecule has 0 fully saturated rings. The first-order valence-corrected chi connectivity index (χ1v) is 8.37. The summed E-state index contributed by atoms with van der Waals surface area (Å²) in [5, 5.41) is 13.5. The molecule has 0 amide bonds. The first-order chi connectivity index (χ1) is 11.0. The highest BCUT2D eigenvalue weighted by molar-refractivity contribution is 7.92. The Balaban J connectivity index is 1.94. The molecule has 3 aromatic rings. The van der Waals surface area contributed by atoms with E-state index in [1.165, 1.54) is 35.1 Å². The highest BCUT2D eigenvalue weighted by Gasteiger charge is 2.21. The van der Waals surface area contributed by atoms with Gasteiger partial charge in [-0.05, 0) is 43.3 Å². The van der Waals surface area contributed by atoms with E-state index in [-0.39, 0.29) is 10.6 Å². The fourth-order valence-electron chi connectivity index (χ4n) is 2.16. The second kappa shape index (κ2) is 5.77. The van der Waals surface area contributed by atoms with Crippen LogP contribution in [-0.2, 0) is 10.0 Å². The van der Waals surface area contributed by atoms with E-state index in [0.717, 1.165) is 5.69 Å². The third-order valence-electron chi connectivity index (χ3n) is 3.28. The van der Waals surface area contributed by atoms with E-state index in [1.54, 1.807) is 6.92 Å². The van der Waals surface area contributed by atoms with Crippen LogP contribution in [0.1, 0.15) is 5.69 Å². The van der Waals surface area contributed by atoms with Gasteiger partial charge in [-0.1, -0.05) is 18.2 Å². The molecule has 6 nitrogen and oxygen atoms in total. The molecule has 1 aromatic heterocycles. The maximum atomic E-state index is 12.5. The zero-order chi connectivity index (χ0) is 16.4. The van der Waals surface area contributed by atoms with Gasteiger partial charge in [-0.25, -0.2) is 13.1 Å². The fraction of sp³-hybridized carbons (Fsp3) is 0.0625. The first-order valence-electron chi connectivity index (χ1n) is 6.89. The number of aryl methyl sites for hydroxylation is 1. The molecule has 0 spiro atoms. The number of phenolic OH excluding ortho intramolecular Hbond substituents is 1. The molecule has 0 aliphatic rings. The van der Waals surface area contributed by atoms with Crippen molar-refractivity contribution in [3.63, 3.8) is 0 Å². The number of hydrogen-bond donors (Lipinski definition) is 2. The summed E-state index contributed by atoms with van der Waals surface area (Å²) in [6.07, 6.45) is 1.48. The number of aromatic hydroxyl groups is 1. The molecule has 3 rings (SSSR count). The third kappa shape index (κ3) is 3.19. The Morgan fingerprint density at radius 1 is 1.04 bits per heavy atom. The second-order valence-electron chi connectivity index (χ2n) is 5.01. The van der Waals surface area contributed by atoms with Crippen LogP contribution in [0.3, 0.4) is 0 Å². The van der Waals surface area contributed by atoms with Gasteiger partial charge >= 0.3 is 0 Å². The topological polar surface area (TPSA) is 84.2 Å². The van der Waals surface area contributed by atoms with Gasteiger partial charge in [-0.2, -0.15) is 5.10 Å². The number of phenols is 1. The predicted molar refractivity (Wildman–Crippen MR) is 87.2 cm³/mol. The van der Waals surface area contributed by atoms with Gasteiger partial charge in [-0.3, -0.25) is 4.72 Å². The van der Waals surface area contributed by atoms with Crippen LogP contribution in [0.25, 0.3) is 5.69 Å². The lowest BCUT2D eigenvalue weighted by Crippen LogP contribution is -2.13. The number of anilines is 1. The Labute approximate surface area is 134 Å². The van der Waals surface area contributed by atoms with Crippen molar-refractivity contribution in [1.82, 2.24) is 9.78 Å². The monoisotopic (exact) mass is 329 g/mol. The number of aromatic nitrogens is 2. The predicted octanol–water partition coefficient (Wildman–Crippen LogP) is 2.69. The average molecular weight is 329 g/mol. The largest absolute Gasteiger partial charge is 0.508 e. The van der Waals surface area contributed by atoms with Crippen LogP contribution < -0.4 is 4.72 Å². The zero-order valence-electron chi connectivity index (χ0n) is 12.3. The molecule has 0 saturated carbocycles. The van der Waals surface area contributed by atoms with Crippen molar-refractivity contribution in [3.05, 3.63) is 66.5 Å². The van der Waals surface area contributed by atoms with Gasteiger partial charge in [-0.15, -0.1) is 0 Å². The number of benzene rings is 2. The quantitative estimate of drug-likeness (QED) is 0.721. The Bertz CT molecular complexity index is 917. The fourth-order valence-corrected chi connectivity index (χ4v) is 3.39. The van der Waals surface area contributed by atoms with E-state index < -0.39 is 10.0 Å². The summed E-state index contributed by atoms with van der Waals surface area (Å²) in [5.41, 5.74) is 1.55. The summed E-state index contributed by atoms with van der Waals surface area (Å²) in [6, 6.07) is 15.1. The van der Waals surface area contributed by atoms with Crippen LogP contribution in [0.4, 0.5) is 5.69 Å². The Hall–Kier alpha value is -2.80. The molecule has 118 valence electrons. The zero-order valence-corrected chi connectivity index (χ0v) is 13.2. The van der Waals surface area contributed by atoms with Crippen LogP contribution in [0.15, 0.2) is 65.7 Å². The third-order valence-corrected chi connectivity index (χ3v) is 4.77. The van der Waals surface area contributed by atoms with Crippen LogP contribution in [-0.4, -0.2) is 23.3 Å². The average Bonchev–Trinajstić information content (AvgIpc) is 2.93. The van der Waals surface area contributed by atoms with E-state index in [0.29, 0.717) is 11.4 Å². The van der Waals surface area contributed by atoms with Gasteiger partial charge in [0.15, 0.2) is 0 Å². The second-order valence-corrected chi connectivity index (χ2v) is 6.66. The number of rotatable bonds is 4. The number of para-hydroxylation sites is 1. The van der Waals surface area contributed by atoms with Crippen molar-refractivity contribution in [2.24, 2.45) is 0 Å². The van der Waals surface area contributed by atoms with Gasteiger partial charge in [0.25, 0.3) is 10.0 Å². The Kier molecular flexibility index (Phi) is 3.79. The summed E-state index contributed by atoms with van der Waals surface area (Å²) in [5.74, 6) is 0.0704. The first kappa shape index (κ1) is 15.1. The molecule has 0 saturated heterocycles. The van der Waals surface area contributed by atoms with Crippen molar-refractivity contribution < 1.29 is 13.5 Å². The summed E-state index contributed by atoms with van der Waals surface area (Å²) in [4.78, 5) is 0.106. The number of nitrogens with one attached hydrogen (secondary N) is 1. The molecule has 1 heterocycles. The van der Waals surface area contributed by atoms with Crippen molar-refractivity contribution in [2.45, 2.75) is 11.8 Å². The summed E-state index contributed by atoms with van der Waals surface area (Å²) < 4.78 is 29.1. The summed E-state index contributed by atoms with van der Waals surface area (Å²) in [6.45, 7) is 1.64. The van der Waals surface area contributed by atoms with Gasteiger partial charge < -0.3 is 5.11 Å². The summed E-state index contributed by atoms with van der Waals surface area (Å²) in [7, 11) is -3.76. The highest BCUT2D eigenvalue weighted by Crippen LogP contribution is 2.21.